The summed E-state index contributed by atoms with van der Waals surface area (Å²) in [5.74, 6) is 0.881. The molecule has 4 nitrogen and oxygen atoms in total. The molecule has 1 heterocycles. The van der Waals surface area contributed by atoms with Crippen LogP contribution in [-0.2, 0) is 0 Å². The molecule has 4 heteroatoms. The lowest BCUT2D eigenvalue weighted by atomic mass is 9.97. The van der Waals surface area contributed by atoms with Crippen molar-refractivity contribution < 1.29 is 9.84 Å². The van der Waals surface area contributed by atoms with E-state index in [-0.39, 0.29) is 12.6 Å². The zero-order valence-electron chi connectivity index (χ0n) is 12.4. The SMILES string of the molecule is COc1ccc([C@@H](CO)N2CCNCC2)c2ccccc12. The van der Waals surface area contributed by atoms with E-state index < -0.39 is 0 Å². The first kappa shape index (κ1) is 14.3. The molecule has 2 aromatic rings. The van der Waals surface area contributed by atoms with E-state index in [0.717, 1.165) is 42.7 Å². The first-order valence-electron chi connectivity index (χ1n) is 7.46. The predicted molar refractivity (Wildman–Crippen MR) is 84.8 cm³/mol. The molecule has 3 rings (SSSR count). The van der Waals surface area contributed by atoms with Crippen molar-refractivity contribution in [1.82, 2.24) is 10.2 Å². The number of piperazine rings is 1. The molecule has 0 unspecified atom stereocenters. The van der Waals surface area contributed by atoms with Crippen LogP contribution in [0, 0.1) is 0 Å². The van der Waals surface area contributed by atoms with Gasteiger partial charge >= 0.3 is 0 Å². The second-order valence-electron chi connectivity index (χ2n) is 5.39. The Labute approximate surface area is 125 Å². The van der Waals surface area contributed by atoms with Gasteiger partial charge in [-0.1, -0.05) is 30.3 Å². The molecule has 1 aliphatic heterocycles. The zero-order valence-corrected chi connectivity index (χ0v) is 12.4. The quantitative estimate of drug-likeness (QED) is 0.899. The molecule has 2 aromatic carbocycles. The smallest absolute Gasteiger partial charge is 0.126 e. The maximum atomic E-state index is 9.92. The number of fused-ring (bicyclic) bond motifs is 1. The van der Waals surface area contributed by atoms with Gasteiger partial charge in [0.15, 0.2) is 0 Å². The molecule has 1 atom stereocenters. The van der Waals surface area contributed by atoms with Crippen LogP contribution in [0.15, 0.2) is 36.4 Å². The van der Waals surface area contributed by atoms with Gasteiger partial charge in [0.2, 0.25) is 0 Å². The third-order valence-corrected chi connectivity index (χ3v) is 4.26. The van der Waals surface area contributed by atoms with E-state index in [4.69, 9.17) is 4.74 Å². The Bertz CT molecular complexity index is 609. The van der Waals surface area contributed by atoms with Crippen molar-refractivity contribution in [3.05, 3.63) is 42.0 Å². The van der Waals surface area contributed by atoms with E-state index in [0.29, 0.717) is 0 Å². The largest absolute Gasteiger partial charge is 0.496 e. The fourth-order valence-corrected chi connectivity index (χ4v) is 3.17. The summed E-state index contributed by atoms with van der Waals surface area (Å²) < 4.78 is 5.46. The number of benzene rings is 2. The number of nitrogens with zero attached hydrogens (tertiary/aromatic N) is 1. The van der Waals surface area contributed by atoms with Gasteiger partial charge in [-0.2, -0.15) is 0 Å². The highest BCUT2D eigenvalue weighted by molar-refractivity contribution is 5.91. The molecule has 0 radical (unpaired) electrons. The summed E-state index contributed by atoms with van der Waals surface area (Å²) in [7, 11) is 1.70. The highest BCUT2D eigenvalue weighted by Gasteiger charge is 2.23. The van der Waals surface area contributed by atoms with Gasteiger partial charge < -0.3 is 15.2 Å². The highest BCUT2D eigenvalue weighted by Crippen LogP contribution is 2.33. The van der Waals surface area contributed by atoms with Gasteiger partial charge in [-0.05, 0) is 17.0 Å². The Kier molecular flexibility index (Phi) is 4.39. The molecule has 0 saturated carbocycles. The van der Waals surface area contributed by atoms with E-state index in [1.165, 1.54) is 5.56 Å². The van der Waals surface area contributed by atoms with Crippen LogP contribution in [0.2, 0.25) is 0 Å². The van der Waals surface area contributed by atoms with E-state index >= 15 is 0 Å². The van der Waals surface area contributed by atoms with Crippen LogP contribution in [0.5, 0.6) is 5.75 Å². The Hall–Kier alpha value is -1.62. The minimum Gasteiger partial charge on any atom is -0.496 e. The maximum absolute atomic E-state index is 9.92. The summed E-state index contributed by atoms with van der Waals surface area (Å²) in [6.45, 7) is 4.02. The second-order valence-corrected chi connectivity index (χ2v) is 5.39. The molecule has 0 aliphatic carbocycles. The lowest BCUT2D eigenvalue weighted by molar-refractivity contribution is 0.111. The molecule has 2 N–H and O–H groups in total. The van der Waals surface area contributed by atoms with Crippen molar-refractivity contribution in [1.29, 1.82) is 0 Å². The topological polar surface area (TPSA) is 44.7 Å². The van der Waals surface area contributed by atoms with Crippen LogP contribution in [0.1, 0.15) is 11.6 Å². The summed E-state index contributed by atoms with van der Waals surface area (Å²) >= 11 is 0. The summed E-state index contributed by atoms with van der Waals surface area (Å²) in [6, 6.07) is 12.4. The number of nitrogens with one attached hydrogen (secondary N) is 1. The average Bonchev–Trinajstić information content (AvgIpc) is 2.56. The molecule has 21 heavy (non-hydrogen) atoms. The molecule has 0 spiro atoms. The fraction of sp³-hybridized carbons (Fsp3) is 0.412. The molecule has 0 bridgehead atoms. The number of methoxy groups -OCH3 is 1. The molecular weight excluding hydrogens is 264 g/mol. The maximum Gasteiger partial charge on any atom is 0.126 e. The first-order chi connectivity index (χ1) is 10.3. The summed E-state index contributed by atoms with van der Waals surface area (Å²) in [5.41, 5.74) is 1.18. The summed E-state index contributed by atoms with van der Waals surface area (Å²) in [6.07, 6.45) is 0. The van der Waals surface area contributed by atoms with Crippen molar-refractivity contribution in [3.8, 4) is 5.75 Å². The second kappa shape index (κ2) is 6.43. The molecule has 1 saturated heterocycles. The van der Waals surface area contributed by atoms with Crippen LogP contribution in [-0.4, -0.2) is 49.9 Å². The lowest BCUT2D eigenvalue weighted by Gasteiger charge is -2.34. The zero-order chi connectivity index (χ0) is 14.7. The monoisotopic (exact) mass is 286 g/mol. The number of hydrogen-bond acceptors (Lipinski definition) is 4. The van der Waals surface area contributed by atoms with Gasteiger partial charge in [0.05, 0.1) is 19.8 Å². The van der Waals surface area contributed by atoms with Crippen molar-refractivity contribution >= 4 is 10.8 Å². The van der Waals surface area contributed by atoms with E-state index in [1.807, 2.05) is 18.2 Å². The van der Waals surface area contributed by atoms with Gasteiger partial charge in [0.25, 0.3) is 0 Å². The van der Waals surface area contributed by atoms with Crippen LogP contribution in [0.25, 0.3) is 10.8 Å². The Morgan fingerprint density at radius 1 is 1.14 bits per heavy atom. The Morgan fingerprint density at radius 3 is 2.52 bits per heavy atom. The predicted octanol–water partition coefficient (Wildman–Crippen LogP) is 1.79. The summed E-state index contributed by atoms with van der Waals surface area (Å²) in [5, 5.41) is 15.5. The van der Waals surface area contributed by atoms with Crippen LogP contribution < -0.4 is 10.1 Å². The lowest BCUT2D eigenvalue weighted by Crippen LogP contribution is -2.46. The highest BCUT2D eigenvalue weighted by atomic mass is 16.5. The third-order valence-electron chi connectivity index (χ3n) is 4.26. The van der Waals surface area contributed by atoms with E-state index in [9.17, 15) is 5.11 Å². The normalized spacial score (nSPS) is 17.8. The van der Waals surface area contributed by atoms with Gasteiger partial charge in [0, 0.05) is 31.6 Å². The van der Waals surface area contributed by atoms with Gasteiger partial charge in [0.1, 0.15) is 5.75 Å². The minimum atomic E-state index is 0.0444. The number of aliphatic hydroxyl groups excluding tert-OH is 1. The van der Waals surface area contributed by atoms with Gasteiger partial charge in [-0.25, -0.2) is 0 Å². The number of ether oxygens (including phenoxy) is 1. The first-order valence-corrected chi connectivity index (χ1v) is 7.46. The Balaban J connectivity index is 2.05. The van der Waals surface area contributed by atoms with Crippen molar-refractivity contribution in [2.45, 2.75) is 6.04 Å². The summed E-state index contributed by atoms with van der Waals surface area (Å²) in [4.78, 5) is 2.35. The standard InChI is InChI=1S/C17H22N2O2/c1-21-17-7-6-14(13-4-2-3-5-15(13)17)16(12-20)19-10-8-18-9-11-19/h2-7,16,18,20H,8-12H2,1H3/t16-/m1/s1. The van der Waals surface area contributed by atoms with Gasteiger partial charge in [-0.3, -0.25) is 4.90 Å². The van der Waals surface area contributed by atoms with Crippen LogP contribution >= 0.6 is 0 Å². The molecule has 0 aromatic heterocycles. The number of rotatable bonds is 4. The third kappa shape index (κ3) is 2.75. The average molecular weight is 286 g/mol. The molecule has 1 fully saturated rings. The van der Waals surface area contributed by atoms with Crippen LogP contribution in [0.4, 0.5) is 0 Å². The van der Waals surface area contributed by atoms with Crippen molar-refractivity contribution in [2.24, 2.45) is 0 Å². The molecule has 1 aliphatic rings. The molecule has 0 amide bonds. The fourth-order valence-electron chi connectivity index (χ4n) is 3.17. The van der Waals surface area contributed by atoms with Crippen molar-refractivity contribution in [3.63, 3.8) is 0 Å². The van der Waals surface area contributed by atoms with Crippen molar-refractivity contribution in [2.75, 3.05) is 39.9 Å². The van der Waals surface area contributed by atoms with Gasteiger partial charge in [-0.15, -0.1) is 0 Å². The number of aliphatic hydroxyl groups is 1. The molecule has 112 valence electrons. The minimum absolute atomic E-state index is 0.0444. The van der Waals surface area contributed by atoms with E-state index in [2.05, 4.69) is 28.4 Å². The number of hydrogen-bond donors (Lipinski definition) is 2. The van der Waals surface area contributed by atoms with E-state index in [1.54, 1.807) is 7.11 Å². The van der Waals surface area contributed by atoms with Crippen LogP contribution in [0.3, 0.4) is 0 Å². The Morgan fingerprint density at radius 2 is 1.86 bits per heavy atom. The molecular formula is C17H22N2O2.